The molecule has 0 aliphatic rings. The molecule has 0 aromatic rings. The van der Waals surface area contributed by atoms with Crippen molar-refractivity contribution in [3.05, 3.63) is 0 Å². The minimum absolute atomic E-state index is 0.223. The molecule has 0 unspecified atom stereocenters. The van der Waals surface area contributed by atoms with Crippen LogP contribution in [0.5, 0.6) is 0 Å². The highest BCUT2D eigenvalue weighted by Crippen LogP contribution is 2.09. The molecule has 0 atom stereocenters. The minimum Gasteiger partial charge on any atom is -0.248 e. The van der Waals surface area contributed by atoms with E-state index in [1.807, 2.05) is 0 Å². The number of rotatable bonds is 12. The molecule has 0 amide bonds. The third-order valence-corrected chi connectivity index (χ3v) is 3.72. The summed E-state index contributed by atoms with van der Waals surface area (Å²) >= 11 is 0. The van der Waals surface area contributed by atoms with Crippen molar-refractivity contribution in [2.45, 2.75) is 66.2 Å². The van der Waals surface area contributed by atoms with Crippen LogP contribution in [0.25, 0.3) is 0 Å². The van der Waals surface area contributed by atoms with E-state index >= 15 is 0 Å². The van der Waals surface area contributed by atoms with Crippen LogP contribution >= 0.6 is 0 Å². The molecule has 0 fully saturated rings. The third-order valence-electron chi connectivity index (χ3n) is 2.81. The quantitative estimate of drug-likeness (QED) is 0.512. The zero-order valence-electron chi connectivity index (χ0n) is 12.9. The Labute approximate surface area is 119 Å². The van der Waals surface area contributed by atoms with Crippen LogP contribution in [0, 0.1) is 11.8 Å². The van der Waals surface area contributed by atoms with Crippen molar-refractivity contribution in [2.75, 3.05) is 13.2 Å². The van der Waals surface area contributed by atoms with E-state index in [2.05, 4.69) is 27.7 Å². The molecule has 0 saturated heterocycles. The van der Waals surface area contributed by atoms with Gasteiger partial charge in [-0.3, -0.25) is 0 Å². The van der Waals surface area contributed by atoms with Crippen molar-refractivity contribution in [1.82, 2.24) is 0 Å². The fourth-order valence-corrected chi connectivity index (χ4v) is 2.38. The van der Waals surface area contributed by atoms with Gasteiger partial charge in [-0.1, -0.05) is 53.4 Å². The van der Waals surface area contributed by atoms with Gasteiger partial charge < -0.3 is 0 Å². The van der Waals surface area contributed by atoms with Gasteiger partial charge in [-0.25, -0.2) is 8.37 Å². The molecule has 0 saturated carbocycles. The Morgan fingerprint density at radius 1 is 0.737 bits per heavy atom. The van der Waals surface area contributed by atoms with Gasteiger partial charge >= 0.3 is 10.4 Å². The summed E-state index contributed by atoms with van der Waals surface area (Å²) in [6.45, 7) is 9.05. The zero-order chi connectivity index (χ0) is 14.7. The third kappa shape index (κ3) is 14.1. The van der Waals surface area contributed by atoms with E-state index in [0.29, 0.717) is 11.8 Å². The lowest BCUT2D eigenvalue weighted by Crippen LogP contribution is -2.12. The Morgan fingerprint density at radius 2 is 1.11 bits per heavy atom. The highest BCUT2D eigenvalue weighted by Gasteiger charge is 2.11. The molecule has 116 valence electrons. The Bertz CT molecular complexity index is 273. The second-order valence-electron chi connectivity index (χ2n) is 5.83. The van der Waals surface area contributed by atoms with E-state index < -0.39 is 10.4 Å². The molecule has 0 radical (unpaired) electrons. The van der Waals surface area contributed by atoms with Crippen LogP contribution in [0.4, 0.5) is 0 Å². The average molecular weight is 294 g/mol. The van der Waals surface area contributed by atoms with E-state index in [4.69, 9.17) is 8.37 Å². The van der Waals surface area contributed by atoms with Gasteiger partial charge in [0.2, 0.25) is 0 Å². The van der Waals surface area contributed by atoms with Crippen molar-refractivity contribution >= 4 is 10.4 Å². The van der Waals surface area contributed by atoms with Crippen LogP contribution in [0.1, 0.15) is 66.2 Å². The number of hydrogen-bond acceptors (Lipinski definition) is 4. The van der Waals surface area contributed by atoms with Gasteiger partial charge in [0.1, 0.15) is 0 Å². The molecular formula is C14H30O4S. The van der Waals surface area contributed by atoms with Gasteiger partial charge in [-0.2, -0.15) is 8.42 Å². The number of hydrogen-bond donors (Lipinski definition) is 0. The van der Waals surface area contributed by atoms with Crippen LogP contribution in [0.15, 0.2) is 0 Å². The minimum atomic E-state index is -3.78. The maximum Gasteiger partial charge on any atom is 0.399 e. The molecule has 0 rings (SSSR count). The smallest absolute Gasteiger partial charge is 0.248 e. The summed E-state index contributed by atoms with van der Waals surface area (Å²) in [7, 11) is -3.78. The van der Waals surface area contributed by atoms with Crippen molar-refractivity contribution in [3.8, 4) is 0 Å². The summed E-state index contributed by atoms with van der Waals surface area (Å²) in [6, 6.07) is 0. The van der Waals surface area contributed by atoms with Crippen LogP contribution in [-0.2, 0) is 18.8 Å². The first-order valence-corrected chi connectivity index (χ1v) is 8.70. The fourth-order valence-electron chi connectivity index (χ4n) is 1.67. The van der Waals surface area contributed by atoms with Gasteiger partial charge in [0, 0.05) is 0 Å². The first-order chi connectivity index (χ1) is 8.83. The maximum atomic E-state index is 11.4. The molecule has 4 nitrogen and oxygen atoms in total. The van der Waals surface area contributed by atoms with Crippen LogP contribution < -0.4 is 0 Å². The molecule has 0 aromatic heterocycles. The van der Waals surface area contributed by atoms with Crippen molar-refractivity contribution in [2.24, 2.45) is 11.8 Å². The maximum absolute atomic E-state index is 11.4. The van der Waals surface area contributed by atoms with Crippen LogP contribution in [0.3, 0.4) is 0 Å². The predicted molar refractivity (Wildman–Crippen MR) is 78.2 cm³/mol. The first-order valence-electron chi connectivity index (χ1n) is 7.37. The van der Waals surface area contributed by atoms with Crippen LogP contribution in [-0.4, -0.2) is 21.6 Å². The van der Waals surface area contributed by atoms with E-state index in [0.717, 1.165) is 38.5 Å². The molecule has 0 aliphatic heterocycles. The lowest BCUT2D eigenvalue weighted by atomic mass is 10.1. The summed E-state index contributed by atoms with van der Waals surface area (Å²) in [5.41, 5.74) is 0. The van der Waals surface area contributed by atoms with E-state index in [1.165, 1.54) is 0 Å². The second-order valence-corrected chi connectivity index (χ2v) is 7.12. The lowest BCUT2D eigenvalue weighted by Gasteiger charge is -2.07. The molecule has 19 heavy (non-hydrogen) atoms. The Kier molecular flexibility index (Phi) is 10.6. The van der Waals surface area contributed by atoms with Crippen molar-refractivity contribution in [3.63, 3.8) is 0 Å². The molecular weight excluding hydrogens is 264 g/mol. The Hall–Kier alpha value is -0.130. The summed E-state index contributed by atoms with van der Waals surface area (Å²) in [5, 5.41) is 0. The van der Waals surface area contributed by atoms with Crippen LogP contribution in [0.2, 0.25) is 0 Å². The predicted octanol–water partition coefficient (Wildman–Crippen LogP) is 3.92. The molecule has 0 bridgehead atoms. The van der Waals surface area contributed by atoms with E-state index in [-0.39, 0.29) is 13.2 Å². The molecule has 5 heteroatoms. The lowest BCUT2D eigenvalue weighted by molar-refractivity contribution is 0.207. The standard InChI is InChI=1S/C14H30O4S/c1-13(2)9-5-7-11-17-19(15,16)18-12-8-6-10-14(3)4/h13-14H,5-12H2,1-4H3. The summed E-state index contributed by atoms with van der Waals surface area (Å²) in [5.74, 6) is 1.29. The van der Waals surface area contributed by atoms with Crippen molar-refractivity contribution in [1.29, 1.82) is 0 Å². The fraction of sp³-hybridized carbons (Fsp3) is 1.00. The molecule has 0 spiro atoms. The van der Waals surface area contributed by atoms with Gasteiger partial charge in [0.15, 0.2) is 0 Å². The SMILES string of the molecule is CC(C)CCCCOS(=O)(=O)OCCCCC(C)C. The second kappa shape index (κ2) is 10.6. The monoisotopic (exact) mass is 294 g/mol. The largest absolute Gasteiger partial charge is 0.399 e. The first kappa shape index (κ1) is 18.9. The highest BCUT2D eigenvalue weighted by atomic mass is 32.3. The molecule has 0 aliphatic carbocycles. The highest BCUT2D eigenvalue weighted by molar-refractivity contribution is 7.81. The Morgan fingerprint density at radius 3 is 1.42 bits per heavy atom. The van der Waals surface area contributed by atoms with Gasteiger partial charge in [-0.05, 0) is 24.7 Å². The van der Waals surface area contributed by atoms with E-state index in [9.17, 15) is 8.42 Å². The average Bonchev–Trinajstić information content (AvgIpc) is 2.27. The van der Waals surface area contributed by atoms with Gasteiger partial charge in [0.05, 0.1) is 13.2 Å². The molecule has 0 N–H and O–H groups in total. The zero-order valence-corrected chi connectivity index (χ0v) is 13.7. The van der Waals surface area contributed by atoms with Gasteiger partial charge in [-0.15, -0.1) is 0 Å². The number of unbranched alkanes of at least 4 members (excludes halogenated alkanes) is 2. The summed E-state index contributed by atoms with van der Waals surface area (Å²) in [6.07, 6.45) is 5.68. The summed E-state index contributed by atoms with van der Waals surface area (Å²) in [4.78, 5) is 0. The Balaban J connectivity index is 3.53. The summed E-state index contributed by atoms with van der Waals surface area (Å²) < 4.78 is 32.3. The molecule has 0 heterocycles. The molecule has 0 aromatic carbocycles. The van der Waals surface area contributed by atoms with Gasteiger partial charge in [0.25, 0.3) is 0 Å². The topological polar surface area (TPSA) is 52.6 Å². The van der Waals surface area contributed by atoms with Crippen molar-refractivity contribution < 1.29 is 16.8 Å². The normalized spacial score (nSPS) is 12.5. The van der Waals surface area contributed by atoms with E-state index in [1.54, 1.807) is 0 Å².